The lowest BCUT2D eigenvalue weighted by atomic mass is 9.87. The van der Waals surface area contributed by atoms with E-state index in [0.717, 1.165) is 16.0 Å². The number of carbonyl (C=O) groups excluding carboxylic acids is 1. The molecule has 0 saturated heterocycles. The van der Waals surface area contributed by atoms with Crippen LogP contribution in [-0.4, -0.2) is 21.9 Å². The topological polar surface area (TPSA) is 32.3 Å². The van der Waals surface area contributed by atoms with Crippen LogP contribution in [0.4, 0.5) is 5.69 Å². The Labute approximate surface area is 140 Å². The van der Waals surface area contributed by atoms with Crippen molar-refractivity contribution in [3.63, 3.8) is 0 Å². The molecule has 0 spiro atoms. The van der Waals surface area contributed by atoms with E-state index in [1.165, 1.54) is 18.4 Å². The lowest BCUT2D eigenvalue weighted by Crippen LogP contribution is -2.49. The van der Waals surface area contributed by atoms with Crippen molar-refractivity contribution >= 4 is 34.2 Å². The zero-order chi connectivity index (χ0) is 15.0. The van der Waals surface area contributed by atoms with Gasteiger partial charge in [0.15, 0.2) is 0 Å². The maximum Gasteiger partial charge on any atom is 0.226 e. The Hall–Kier alpha value is -0.620. The number of rotatable bonds is 3. The molecule has 1 aliphatic heterocycles. The smallest absolute Gasteiger partial charge is 0.226 e. The number of amides is 1. The van der Waals surface area contributed by atoms with Crippen molar-refractivity contribution in [1.82, 2.24) is 5.32 Å². The molecule has 1 aromatic rings. The first kappa shape index (κ1) is 15.3. The van der Waals surface area contributed by atoms with Crippen molar-refractivity contribution in [2.45, 2.75) is 61.6 Å². The van der Waals surface area contributed by atoms with Gasteiger partial charge < -0.3 is 10.2 Å². The van der Waals surface area contributed by atoms with Gasteiger partial charge in [0.1, 0.15) is 0 Å². The predicted octanol–water partition coefficient (Wildman–Crippen LogP) is 3.82. The lowest BCUT2D eigenvalue weighted by Gasteiger charge is -2.43. The SMILES string of the molecule is CCC(=O)N1c2ccccc2C(NC2CC(I)C2)CC1C. The first-order valence-electron chi connectivity index (χ1n) is 7.91. The molecule has 1 aromatic carbocycles. The average Bonchev–Trinajstić information content (AvgIpc) is 2.45. The molecule has 1 heterocycles. The molecule has 0 radical (unpaired) electrons. The molecule has 1 saturated carbocycles. The summed E-state index contributed by atoms with van der Waals surface area (Å²) < 4.78 is 0.828. The van der Waals surface area contributed by atoms with Crippen molar-refractivity contribution in [2.24, 2.45) is 0 Å². The largest absolute Gasteiger partial charge is 0.309 e. The van der Waals surface area contributed by atoms with Gasteiger partial charge in [-0.25, -0.2) is 0 Å². The second-order valence-corrected chi connectivity index (χ2v) is 8.01. The minimum Gasteiger partial charge on any atom is -0.309 e. The van der Waals surface area contributed by atoms with Gasteiger partial charge in [-0.2, -0.15) is 0 Å². The van der Waals surface area contributed by atoms with Crippen LogP contribution in [0.1, 0.15) is 51.1 Å². The Morgan fingerprint density at radius 1 is 1.33 bits per heavy atom. The molecule has 1 N–H and O–H groups in total. The molecular weight excluding hydrogens is 375 g/mol. The minimum absolute atomic E-state index is 0.226. The molecule has 0 aromatic heterocycles. The van der Waals surface area contributed by atoms with E-state index in [0.29, 0.717) is 18.5 Å². The molecule has 4 heteroatoms. The highest BCUT2D eigenvalue weighted by molar-refractivity contribution is 14.1. The standard InChI is InChI=1S/C17H23IN2O/c1-3-17(21)20-11(2)8-15(19-13-9-12(18)10-13)14-6-4-5-7-16(14)20/h4-7,11-13,15,19H,3,8-10H2,1-2H3. The number of halogens is 1. The van der Waals surface area contributed by atoms with E-state index in [1.54, 1.807) is 0 Å². The maximum atomic E-state index is 12.3. The van der Waals surface area contributed by atoms with E-state index < -0.39 is 0 Å². The van der Waals surface area contributed by atoms with Gasteiger partial charge in [-0.1, -0.05) is 47.7 Å². The summed E-state index contributed by atoms with van der Waals surface area (Å²) in [6, 6.07) is 9.68. The highest BCUT2D eigenvalue weighted by atomic mass is 127. The van der Waals surface area contributed by atoms with Crippen molar-refractivity contribution in [3.05, 3.63) is 29.8 Å². The lowest BCUT2D eigenvalue weighted by molar-refractivity contribution is -0.118. The number of hydrogen-bond acceptors (Lipinski definition) is 2. The molecule has 2 unspecified atom stereocenters. The summed E-state index contributed by atoms with van der Waals surface area (Å²) in [5.41, 5.74) is 2.39. The summed E-state index contributed by atoms with van der Waals surface area (Å²) in [5, 5.41) is 3.81. The summed E-state index contributed by atoms with van der Waals surface area (Å²) in [6.45, 7) is 4.11. The Balaban J connectivity index is 1.85. The fourth-order valence-corrected chi connectivity index (χ4v) is 4.72. The third-order valence-electron chi connectivity index (χ3n) is 4.68. The van der Waals surface area contributed by atoms with Crippen LogP contribution in [0.25, 0.3) is 0 Å². The van der Waals surface area contributed by atoms with Gasteiger partial charge in [0.05, 0.1) is 0 Å². The quantitative estimate of drug-likeness (QED) is 0.620. The van der Waals surface area contributed by atoms with Gasteiger partial charge in [0.2, 0.25) is 5.91 Å². The highest BCUT2D eigenvalue weighted by Gasteiger charge is 2.36. The number of fused-ring (bicyclic) bond motifs is 1. The van der Waals surface area contributed by atoms with Crippen molar-refractivity contribution < 1.29 is 4.79 Å². The van der Waals surface area contributed by atoms with Gasteiger partial charge in [-0.05, 0) is 37.8 Å². The summed E-state index contributed by atoms with van der Waals surface area (Å²) >= 11 is 2.53. The normalized spacial score (nSPS) is 31.5. The summed E-state index contributed by atoms with van der Waals surface area (Å²) in [7, 11) is 0. The van der Waals surface area contributed by atoms with Crippen LogP contribution < -0.4 is 10.2 Å². The first-order valence-corrected chi connectivity index (χ1v) is 9.15. The fraction of sp³-hybridized carbons (Fsp3) is 0.588. The fourth-order valence-electron chi connectivity index (χ4n) is 3.49. The number of hydrogen-bond donors (Lipinski definition) is 1. The number of benzene rings is 1. The monoisotopic (exact) mass is 398 g/mol. The van der Waals surface area contributed by atoms with E-state index in [9.17, 15) is 4.79 Å². The zero-order valence-corrected chi connectivity index (χ0v) is 14.8. The van der Waals surface area contributed by atoms with Crippen molar-refractivity contribution in [1.29, 1.82) is 0 Å². The van der Waals surface area contributed by atoms with Gasteiger partial charge in [-0.15, -0.1) is 0 Å². The van der Waals surface area contributed by atoms with Crippen LogP contribution in [0.2, 0.25) is 0 Å². The second-order valence-electron chi connectivity index (χ2n) is 6.25. The van der Waals surface area contributed by atoms with Crippen LogP contribution in [0, 0.1) is 0 Å². The van der Waals surface area contributed by atoms with E-state index in [4.69, 9.17) is 0 Å². The Morgan fingerprint density at radius 3 is 2.71 bits per heavy atom. The van der Waals surface area contributed by atoms with Crippen LogP contribution in [0.3, 0.4) is 0 Å². The number of para-hydroxylation sites is 1. The van der Waals surface area contributed by atoms with Gasteiger partial charge >= 0.3 is 0 Å². The number of anilines is 1. The third-order valence-corrected chi connectivity index (χ3v) is 5.69. The van der Waals surface area contributed by atoms with Crippen molar-refractivity contribution in [3.8, 4) is 0 Å². The zero-order valence-electron chi connectivity index (χ0n) is 12.7. The van der Waals surface area contributed by atoms with E-state index in [2.05, 4.69) is 53.0 Å². The molecule has 2 atom stereocenters. The Morgan fingerprint density at radius 2 is 2.05 bits per heavy atom. The summed E-state index contributed by atoms with van der Waals surface area (Å²) in [5.74, 6) is 0.226. The highest BCUT2D eigenvalue weighted by Crippen LogP contribution is 2.39. The molecule has 3 rings (SSSR count). The molecule has 21 heavy (non-hydrogen) atoms. The number of nitrogens with zero attached hydrogens (tertiary/aromatic N) is 1. The third kappa shape index (κ3) is 2.97. The Bertz CT molecular complexity index is 527. The number of alkyl halides is 1. The number of carbonyl (C=O) groups is 1. The van der Waals surface area contributed by atoms with Crippen LogP contribution >= 0.6 is 22.6 Å². The van der Waals surface area contributed by atoms with Gasteiger partial charge in [0.25, 0.3) is 0 Å². The van der Waals surface area contributed by atoms with Gasteiger partial charge in [0, 0.05) is 34.2 Å². The van der Waals surface area contributed by atoms with Crippen molar-refractivity contribution in [2.75, 3.05) is 4.90 Å². The molecule has 3 nitrogen and oxygen atoms in total. The molecule has 2 aliphatic rings. The van der Waals surface area contributed by atoms with Crippen LogP contribution in [0.5, 0.6) is 0 Å². The van der Waals surface area contributed by atoms with E-state index in [-0.39, 0.29) is 11.9 Å². The average molecular weight is 398 g/mol. The second kappa shape index (κ2) is 6.24. The molecule has 1 aliphatic carbocycles. The van der Waals surface area contributed by atoms with Crippen LogP contribution in [0.15, 0.2) is 24.3 Å². The molecule has 114 valence electrons. The molecular formula is C17H23IN2O. The summed E-state index contributed by atoms with van der Waals surface area (Å²) in [4.78, 5) is 14.3. The predicted molar refractivity (Wildman–Crippen MR) is 95.0 cm³/mol. The van der Waals surface area contributed by atoms with Crippen LogP contribution in [-0.2, 0) is 4.79 Å². The maximum absolute atomic E-state index is 12.3. The minimum atomic E-state index is 0.226. The Kier molecular flexibility index (Phi) is 4.54. The number of nitrogens with one attached hydrogen (secondary N) is 1. The summed E-state index contributed by atoms with van der Waals surface area (Å²) in [6.07, 6.45) is 4.11. The molecule has 1 amide bonds. The van der Waals surface area contributed by atoms with E-state index >= 15 is 0 Å². The molecule has 0 bridgehead atoms. The first-order chi connectivity index (χ1) is 10.1. The van der Waals surface area contributed by atoms with Gasteiger partial charge in [-0.3, -0.25) is 4.79 Å². The molecule has 1 fully saturated rings. The van der Waals surface area contributed by atoms with E-state index in [1.807, 2.05) is 17.9 Å².